The molecule has 33 heavy (non-hydrogen) atoms. The average Bonchev–Trinajstić information content (AvgIpc) is 2.63. The minimum atomic E-state index is -2.66. The fourth-order valence-corrected chi connectivity index (χ4v) is 2.94. The Kier molecular flexibility index (Phi) is 10.9. The van der Waals surface area contributed by atoms with Gasteiger partial charge in [-0.3, -0.25) is 19.7 Å². The molecule has 12 nitrogen and oxygen atoms in total. The quantitative estimate of drug-likeness (QED) is 0.199. The van der Waals surface area contributed by atoms with Gasteiger partial charge in [0.15, 0.2) is 12.2 Å². The van der Waals surface area contributed by atoms with Gasteiger partial charge in [-0.2, -0.15) is 0 Å². The van der Waals surface area contributed by atoms with Crippen LogP contribution in [0.3, 0.4) is 0 Å². The van der Waals surface area contributed by atoms with Gasteiger partial charge in [0.05, 0.1) is 6.10 Å². The van der Waals surface area contributed by atoms with Gasteiger partial charge in [0.2, 0.25) is 15.8 Å². The Morgan fingerprint density at radius 2 is 1.61 bits per heavy atom. The summed E-state index contributed by atoms with van der Waals surface area (Å²) in [7, 11) is 0. The lowest BCUT2D eigenvalue weighted by molar-refractivity contribution is -0.355. The number of carbonyl (C=O) groups is 4. The van der Waals surface area contributed by atoms with E-state index in [4.69, 9.17) is 63.2 Å². The summed E-state index contributed by atoms with van der Waals surface area (Å²) in [5, 5.41) is 13.5. The fraction of sp³-hybridized carbons (Fsp3) is 0.778. The molecule has 1 fully saturated rings. The lowest BCUT2D eigenvalue weighted by atomic mass is 9.92. The van der Waals surface area contributed by atoms with Crippen molar-refractivity contribution < 1.29 is 52.7 Å². The summed E-state index contributed by atoms with van der Waals surface area (Å²) in [5.41, 5.74) is -2.66. The van der Waals surface area contributed by atoms with Crippen molar-refractivity contribution in [3.05, 3.63) is 0 Å². The van der Waals surface area contributed by atoms with Crippen molar-refractivity contribution in [2.75, 3.05) is 13.2 Å². The van der Waals surface area contributed by atoms with Gasteiger partial charge in [-0.25, -0.2) is 4.79 Å². The first kappa shape index (κ1) is 29.5. The van der Waals surface area contributed by atoms with Gasteiger partial charge in [0, 0.05) is 20.8 Å². The van der Waals surface area contributed by atoms with Gasteiger partial charge < -0.3 is 33.5 Å². The third-order valence-electron chi connectivity index (χ3n) is 3.87. The molecule has 0 radical (unpaired) electrons. The first-order valence-electron chi connectivity index (χ1n) is 9.58. The number of hydrogen-bond acceptors (Lipinski definition) is 11. The smallest absolute Gasteiger partial charge is 0.409 e. The molecule has 15 heteroatoms. The highest BCUT2D eigenvalue weighted by Gasteiger charge is 2.61. The van der Waals surface area contributed by atoms with E-state index in [0.29, 0.717) is 0 Å². The second-order valence-corrected chi connectivity index (χ2v) is 9.76. The van der Waals surface area contributed by atoms with Crippen LogP contribution in [0.15, 0.2) is 0 Å². The van der Waals surface area contributed by atoms with E-state index in [1.54, 1.807) is 13.8 Å². The minimum absolute atomic E-state index is 0.462. The topological polar surface area (TPSA) is 156 Å². The lowest BCUT2D eigenvalue weighted by Gasteiger charge is -2.49. The number of esters is 3. The molecule has 190 valence electrons. The van der Waals surface area contributed by atoms with Crippen LogP contribution >= 0.6 is 34.8 Å². The van der Waals surface area contributed by atoms with Crippen molar-refractivity contribution in [1.29, 1.82) is 0 Å². The van der Waals surface area contributed by atoms with Crippen molar-refractivity contribution in [2.24, 2.45) is 0 Å². The van der Waals surface area contributed by atoms with E-state index < -0.39 is 77.4 Å². The number of amides is 1. The maximum absolute atomic E-state index is 12.4. The van der Waals surface area contributed by atoms with Gasteiger partial charge in [-0.15, -0.1) is 0 Å². The molecule has 1 aliphatic heterocycles. The molecule has 1 saturated heterocycles. The predicted molar refractivity (Wildman–Crippen MR) is 112 cm³/mol. The number of aliphatic hydroxyl groups is 1. The van der Waals surface area contributed by atoms with Crippen molar-refractivity contribution in [2.45, 2.75) is 74.8 Å². The zero-order valence-corrected chi connectivity index (χ0v) is 20.7. The number of alkyl halides is 3. The Balaban J connectivity index is 3.42. The van der Waals surface area contributed by atoms with E-state index in [1.165, 1.54) is 0 Å². The third kappa shape index (κ3) is 9.67. The van der Waals surface area contributed by atoms with Crippen LogP contribution in [0, 0.1) is 0 Å². The summed E-state index contributed by atoms with van der Waals surface area (Å²) in [6.45, 7) is 5.21. The van der Waals surface area contributed by atoms with Gasteiger partial charge in [0.1, 0.15) is 19.3 Å². The fourth-order valence-electron chi connectivity index (χ4n) is 2.78. The molecule has 0 aromatic rings. The van der Waals surface area contributed by atoms with Gasteiger partial charge in [0.25, 0.3) is 0 Å². The second-order valence-electron chi connectivity index (χ2n) is 7.24. The van der Waals surface area contributed by atoms with Crippen LogP contribution in [0.1, 0.15) is 34.6 Å². The van der Waals surface area contributed by atoms with Gasteiger partial charge in [-0.1, -0.05) is 34.8 Å². The Morgan fingerprint density at radius 1 is 1.03 bits per heavy atom. The molecule has 1 amide bonds. The van der Waals surface area contributed by atoms with Gasteiger partial charge in [-0.05, 0) is 13.8 Å². The van der Waals surface area contributed by atoms with E-state index in [1.807, 2.05) is 0 Å². The van der Waals surface area contributed by atoms with Crippen molar-refractivity contribution in [1.82, 2.24) is 5.32 Å². The maximum Gasteiger partial charge on any atom is 0.409 e. The monoisotopic (exact) mass is 537 g/mol. The Morgan fingerprint density at radius 3 is 2.06 bits per heavy atom. The molecule has 0 aromatic heterocycles. The lowest BCUT2D eigenvalue weighted by Crippen LogP contribution is -2.75. The van der Waals surface area contributed by atoms with E-state index in [2.05, 4.69) is 5.32 Å². The van der Waals surface area contributed by atoms with E-state index in [-0.39, 0.29) is 0 Å². The van der Waals surface area contributed by atoms with Crippen LogP contribution in [0.5, 0.6) is 0 Å². The SMILES string of the molecule is CC(=O)OC[C@H]1O[C@@H](OC(C)C)[C@@](O)(NC(=O)OCC(Cl)(Cl)Cl)[C@@H](OC(C)=O)[C@@H]1OC(C)=O. The second kappa shape index (κ2) is 12.2. The number of alkyl carbamates (subject to hydrolysis) is 1. The molecular weight excluding hydrogens is 513 g/mol. The van der Waals surface area contributed by atoms with Crippen LogP contribution in [-0.4, -0.2) is 82.5 Å². The number of hydrogen-bond donors (Lipinski definition) is 2. The molecule has 0 bridgehead atoms. The Bertz CT molecular complexity index is 730. The normalized spacial score (nSPS) is 27.5. The summed E-state index contributed by atoms with van der Waals surface area (Å²) in [4.78, 5) is 47.2. The molecule has 0 spiro atoms. The Hall–Kier alpha value is -1.57. The number of halogens is 3. The maximum atomic E-state index is 12.4. The minimum Gasteiger partial charge on any atom is -0.463 e. The summed E-state index contributed by atoms with van der Waals surface area (Å²) >= 11 is 16.7. The summed E-state index contributed by atoms with van der Waals surface area (Å²) in [6, 6.07) is 0. The van der Waals surface area contributed by atoms with Crippen LogP contribution < -0.4 is 5.32 Å². The first-order chi connectivity index (χ1) is 15.0. The Labute approximate surface area is 205 Å². The standard InChI is InChI=1S/C18H26Cl3NO11/c1-8(2)30-15-18(27,22-16(26)29-7-17(19,20)21)14(32-11(5)25)13(31-10(4)24)12(33-15)6-28-9(3)23/h8,12-15,27H,6-7H2,1-5H3,(H,22,26)/t12-,13-,14+,15-,18-/m1/s1. The van der Waals surface area contributed by atoms with Crippen LogP contribution in [-0.2, 0) is 42.8 Å². The molecule has 0 saturated carbocycles. The van der Waals surface area contributed by atoms with E-state index in [9.17, 15) is 24.3 Å². The predicted octanol–water partition coefficient (Wildman–Crippen LogP) is 1.35. The highest BCUT2D eigenvalue weighted by atomic mass is 35.6. The van der Waals surface area contributed by atoms with E-state index >= 15 is 0 Å². The highest BCUT2D eigenvalue weighted by Crippen LogP contribution is 2.34. The first-order valence-corrected chi connectivity index (χ1v) is 10.7. The molecule has 5 atom stereocenters. The number of nitrogens with one attached hydrogen (secondary N) is 1. The van der Waals surface area contributed by atoms with Crippen molar-refractivity contribution >= 4 is 58.8 Å². The van der Waals surface area contributed by atoms with Crippen LogP contribution in [0.4, 0.5) is 4.79 Å². The molecule has 0 aliphatic carbocycles. The van der Waals surface area contributed by atoms with Crippen LogP contribution in [0.25, 0.3) is 0 Å². The molecule has 2 N–H and O–H groups in total. The summed E-state index contributed by atoms with van der Waals surface area (Å²) in [6.07, 6.45) is -8.20. The summed E-state index contributed by atoms with van der Waals surface area (Å²) < 4.78 is 29.4. The highest BCUT2D eigenvalue weighted by molar-refractivity contribution is 6.67. The number of rotatable bonds is 8. The van der Waals surface area contributed by atoms with Gasteiger partial charge >= 0.3 is 24.0 Å². The molecule has 0 unspecified atom stereocenters. The molecule has 1 heterocycles. The zero-order valence-electron chi connectivity index (χ0n) is 18.5. The molecule has 0 aromatic carbocycles. The largest absolute Gasteiger partial charge is 0.463 e. The summed E-state index contributed by atoms with van der Waals surface area (Å²) in [5.74, 6) is -2.44. The van der Waals surface area contributed by atoms with E-state index in [0.717, 1.165) is 20.8 Å². The number of ether oxygens (including phenoxy) is 6. The van der Waals surface area contributed by atoms with Crippen LogP contribution in [0.2, 0.25) is 0 Å². The van der Waals surface area contributed by atoms with Crippen molar-refractivity contribution in [3.63, 3.8) is 0 Å². The zero-order chi connectivity index (χ0) is 25.6. The number of carbonyl (C=O) groups excluding carboxylic acids is 4. The molecule has 1 rings (SSSR count). The van der Waals surface area contributed by atoms with Crippen molar-refractivity contribution in [3.8, 4) is 0 Å². The average molecular weight is 539 g/mol. The molecular formula is C18H26Cl3NO11. The molecule has 1 aliphatic rings. The third-order valence-corrected chi connectivity index (χ3v) is 4.19.